The van der Waals surface area contributed by atoms with Gasteiger partial charge in [-0.3, -0.25) is 9.36 Å². The minimum atomic E-state index is -0.539. The molecule has 8 heteroatoms. The van der Waals surface area contributed by atoms with Gasteiger partial charge in [-0.05, 0) is 65.2 Å². The van der Waals surface area contributed by atoms with Crippen molar-refractivity contribution >= 4 is 45.0 Å². The highest BCUT2D eigenvalue weighted by atomic mass is 79.9. The molecule has 5 nitrogen and oxygen atoms in total. The van der Waals surface area contributed by atoms with Crippen molar-refractivity contribution in [2.45, 2.75) is 37.8 Å². The summed E-state index contributed by atoms with van der Waals surface area (Å²) >= 11 is 16.1. The number of nitrogens with one attached hydrogen (secondary N) is 1. The summed E-state index contributed by atoms with van der Waals surface area (Å²) in [5.41, 5.74) is 1.72. The third-order valence-electron chi connectivity index (χ3n) is 5.28. The normalized spacial score (nSPS) is 18.9. The Morgan fingerprint density at radius 1 is 1.10 bits per heavy atom. The molecule has 0 radical (unpaired) electrons. The summed E-state index contributed by atoms with van der Waals surface area (Å²) in [6.07, 6.45) is 2.85. The summed E-state index contributed by atoms with van der Waals surface area (Å²) in [4.78, 5) is 17.7. The molecule has 1 saturated carbocycles. The number of rotatable bonds is 4. The number of halogens is 3. The van der Waals surface area contributed by atoms with Crippen molar-refractivity contribution in [1.82, 2.24) is 14.9 Å². The lowest BCUT2D eigenvalue weighted by Crippen LogP contribution is -2.45. The van der Waals surface area contributed by atoms with Crippen LogP contribution >= 0.6 is 39.1 Å². The molecule has 30 heavy (non-hydrogen) atoms. The molecule has 2 aromatic carbocycles. The summed E-state index contributed by atoms with van der Waals surface area (Å²) in [6, 6.07) is 14.3. The SMILES string of the molecule is O=C(NC1CCCCC1O)c1nc(-c2ccccc2Cl)n(-c2ccc(Cl)cc2)c1Br. The van der Waals surface area contributed by atoms with Crippen molar-refractivity contribution in [3.05, 3.63) is 68.9 Å². The van der Waals surface area contributed by atoms with E-state index in [0.717, 1.165) is 24.9 Å². The number of carbonyl (C=O) groups is 1. The smallest absolute Gasteiger partial charge is 0.273 e. The first-order chi connectivity index (χ1) is 14.5. The Labute approximate surface area is 193 Å². The summed E-state index contributed by atoms with van der Waals surface area (Å²) in [6.45, 7) is 0. The van der Waals surface area contributed by atoms with Crippen LogP contribution in [0.3, 0.4) is 0 Å². The van der Waals surface area contributed by atoms with Crippen molar-refractivity contribution in [3.63, 3.8) is 0 Å². The Bertz CT molecular complexity index is 1070. The van der Waals surface area contributed by atoms with Crippen LogP contribution < -0.4 is 5.32 Å². The molecule has 1 aliphatic carbocycles. The van der Waals surface area contributed by atoms with Crippen LogP contribution in [-0.2, 0) is 0 Å². The maximum absolute atomic E-state index is 13.1. The fourth-order valence-corrected chi connectivity index (χ4v) is 4.70. The largest absolute Gasteiger partial charge is 0.391 e. The van der Waals surface area contributed by atoms with Gasteiger partial charge in [-0.15, -0.1) is 0 Å². The quantitative estimate of drug-likeness (QED) is 0.479. The van der Waals surface area contributed by atoms with Crippen molar-refractivity contribution in [1.29, 1.82) is 0 Å². The van der Waals surface area contributed by atoms with Crippen LogP contribution in [0.2, 0.25) is 10.0 Å². The number of carbonyl (C=O) groups excluding carboxylic acids is 1. The molecule has 0 spiro atoms. The van der Waals surface area contributed by atoms with Crippen molar-refractivity contribution in [2.24, 2.45) is 0 Å². The molecule has 1 fully saturated rings. The van der Waals surface area contributed by atoms with E-state index in [4.69, 9.17) is 23.2 Å². The van der Waals surface area contributed by atoms with Gasteiger partial charge in [0.15, 0.2) is 5.69 Å². The van der Waals surface area contributed by atoms with E-state index >= 15 is 0 Å². The van der Waals surface area contributed by atoms with E-state index in [1.165, 1.54) is 0 Å². The van der Waals surface area contributed by atoms with Gasteiger partial charge in [0.05, 0.1) is 17.2 Å². The second-order valence-electron chi connectivity index (χ2n) is 7.30. The number of aromatic nitrogens is 2. The van der Waals surface area contributed by atoms with Crippen molar-refractivity contribution in [2.75, 3.05) is 0 Å². The predicted octanol–water partition coefficient (Wildman–Crippen LogP) is 5.64. The maximum atomic E-state index is 13.1. The van der Waals surface area contributed by atoms with Gasteiger partial charge in [-0.2, -0.15) is 0 Å². The zero-order chi connectivity index (χ0) is 21.3. The number of aliphatic hydroxyl groups excluding tert-OH is 1. The number of benzene rings is 2. The van der Waals surface area contributed by atoms with Crippen LogP contribution in [0.15, 0.2) is 53.1 Å². The van der Waals surface area contributed by atoms with Crippen LogP contribution in [0.1, 0.15) is 36.2 Å². The molecule has 0 saturated heterocycles. The number of hydrogen-bond acceptors (Lipinski definition) is 3. The van der Waals surface area contributed by atoms with Crippen LogP contribution in [0.5, 0.6) is 0 Å². The minimum absolute atomic E-state index is 0.234. The Morgan fingerprint density at radius 3 is 2.50 bits per heavy atom. The molecule has 2 unspecified atom stereocenters. The summed E-state index contributed by atoms with van der Waals surface area (Å²) in [5, 5.41) is 14.3. The van der Waals surface area contributed by atoms with Crippen LogP contribution in [0, 0.1) is 0 Å². The monoisotopic (exact) mass is 507 g/mol. The van der Waals surface area contributed by atoms with Crippen LogP contribution in [0.25, 0.3) is 17.1 Å². The lowest BCUT2D eigenvalue weighted by atomic mass is 9.92. The maximum Gasteiger partial charge on any atom is 0.273 e. The van der Waals surface area contributed by atoms with Gasteiger partial charge in [-0.25, -0.2) is 4.98 Å². The van der Waals surface area contributed by atoms with Gasteiger partial charge in [-0.1, -0.05) is 48.2 Å². The molecule has 0 aliphatic heterocycles. The molecule has 1 heterocycles. The third-order valence-corrected chi connectivity index (χ3v) is 6.59. The Kier molecular flexibility index (Phi) is 6.48. The molecular formula is C22H20BrCl2N3O2. The average molecular weight is 509 g/mol. The van der Waals surface area contributed by atoms with Gasteiger partial charge in [0.25, 0.3) is 5.91 Å². The molecule has 156 valence electrons. The molecule has 0 bridgehead atoms. The molecule has 4 rings (SSSR count). The Balaban J connectivity index is 1.78. The van der Waals surface area contributed by atoms with E-state index in [0.29, 0.717) is 32.5 Å². The molecule has 1 aliphatic rings. The highest BCUT2D eigenvalue weighted by molar-refractivity contribution is 9.10. The van der Waals surface area contributed by atoms with Gasteiger partial charge < -0.3 is 10.4 Å². The highest BCUT2D eigenvalue weighted by Crippen LogP contribution is 2.34. The van der Waals surface area contributed by atoms with Gasteiger partial charge in [0.2, 0.25) is 0 Å². The third kappa shape index (κ3) is 4.28. The van der Waals surface area contributed by atoms with Gasteiger partial charge in [0.1, 0.15) is 10.4 Å². The number of aliphatic hydroxyl groups is 1. The molecule has 1 aromatic heterocycles. The van der Waals surface area contributed by atoms with Crippen molar-refractivity contribution in [3.8, 4) is 17.1 Å². The van der Waals surface area contributed by atoms with Crippen LogP contribution in [0.4, 0.5) is 0 Å². The average Bonchev–Trinajstić information content (AvgIpc) is 3.08. The number of amides is 1. The first-order valence-electron chi connectivity index (χ1n) is 9.73. The zero-order valence-corrected chi connectivity index (χ0v) is 19.1. The Morgan fingerprint density at radius 2 is 1.80 bits per heavy atom. The number of nitrogens with zero attached hydrogens (tertiary/aromatic N) is 2. The topological polar surface area (TPSA) is 67.2 Å². The summed E-state index contributed by atoms with van der Waals surface area (Å²) in [5.74, 6) is 0.193. The molecular weight excluding hydrogens is 489 g/mol. The van der Waals surface area contributed by atoms with Crippen LogP contribution in [-0.4, -0.2) is 32.7 Å². The van der Waals surface area contributed by atoms with E-state index in [1.807, 2.05) is 34.9 Å². The van der Waals surface area contributed by atoms with E-state index in [1.54, 1.807) is 18.2 Å². The van der Waals surface area contributed by atoms with Crippen molar-refractivity contribution < 1.29 is 9.90 Å². The van der Waals surface area contributed by atoms with E-state index in [2.05, 4.69) is 26.2 Å². The summed E-state index contributed by atoms with van der Waals surface area (Å²) < 4.78 is 2.33. The second-order valence-corrected chi connectivity index (χ2v) is 8.89. The lowest BCUT2D eigenvalue weighted by Gasteiger charge is -2.28. The van der Waals surface area contributed by atoms with E-state index in [9.17, 15) is 9.90 Å². The van der Waals surface area contributed by atoms with E-state index in [-0.39, 0.29) is 17.6 Å². The molecule has 1 amide bonds. The van der Waals surface area contributed by atoms with Gasteiger partial charge in [0, 0.05) is 16.3 Å². The fraction of sp³-hybridized carbons (Fsp3) is 0.273. The second kappa shape index (κ2) is 9.10. The zero-order valence-electron chi connectivity index (χ0n) is 16.0. The lowest BCUT2D eigenvalue weighted by molar-refractivity contribution is 0.0713. The number of hydrogen-bond donors (Lipinski definition) is 2. The standard InChI is InChI=1S/C22H20BrCl2N3O2/c23-20-19(22(30)26-17-7-3-4-8-18(17)29)27-21(15-5-1-2-6-16(15)25)28(20)14-11-9-13(24)10-12-14/h1-2,5-6,9-12,17-18,29H,3-4,7-8H2,(H,26,30). The molecule has 2 N–H and O–H groups in total. The van der Waals surface area contributed by atoms with E-state index < -0.39 is 6.10 Å². The first-order valence-corrected chi connectivity index (χ1v) is 11.3. The highest BCUT2D eigenvalue weighted by Gasteiger charge is 2.29. The number of imidazole rings is 1. The van der Waals surface area contributed by atoms with Gasteiger partial charge >= 0.3 is 0 Å². The molecule has 3 aromatic rings. The summed E-state index contributed by atoms with van der Waals surface area (Å²) in [7, 11) is 0. The Hall–Kier alpha value is -1.86. The minimum Gasteiger partial charge on any atom is -0.391 e. The fourth-order valence-electron chi connectivity index (χ4n) is 3.71. The molecule has 2 atom stereocenters. The predicted molar refractivity (Wildman–Crippen MR) is 122 cm³/mol. The first kappa shape index (κ1) is 21.4.